The first kappa shape index (κ1) is 14.9. The van der Waals surface area contributed by atoms with Gasteiger partial charge in [-0.1, -0.05) is 24.3 Å². The Kier molecular flexibility index (Phi) is 3.92. The van der Waals surface area contributed by atoms with Gasteiger partial charge < -0.3 is 5.11 Å². The van der Waals surface area contributed by atoms with Gasteiger partial charge >= 0.3 is 0 Å². The van der Waals surface area contributed by atoms with E-state index in [1.807, 2.05) is 36.5 Å². The highest BCUT2D eigenvalue weighted by Gasteiger charge is 2.42. The molecule has 2 bridgehead atoms. The number of aliphatic hydroxyl groups is 1. The number of aliphatic hydroxyl groups excluding tert-OH is 1. The maximum Gasteiger partial charge on any atom is 0.0952 e. The van der Waals surface area contributed by atoms with Crippen molar-refractivity contribution in [2.45, 2.75) is 31.4 Å². The maximum absolute atomic E-state index is 11.1. The minimum Gasteiger partial charge on any atom is -0.387 e. The quantitative estimate of drug-likeness (QED) is 0.878. The molecule has 4 heterocycles. The highest BCUT2D eigenvalue weighted by atomic mass is 16.3. The van der Waals surface area contributed by atoms with Crippen molar-refractivity contribution in [3.05, 3.63) is 54.7 Å². The van der Waals surface area contributed by atoms with Crippen LogP contribution < -0.4 is 0 Å². The van der Waals surface area contributed by atoms with Gasteiger partial charge in [-0.25, -0.2) is 0 Å². The fourth-order valence-corrected chi connectivity index (χ4v) is 4.57. The third-order valence-electron chi connectivity index (χ3n) is 5.77. The molecule has 3 unspecified atom stereocenters. The number of fused-ring (bicyclic) bond motifs is 4. The zero-order valence-corrected chi connectivity index (χ0v) is 13.4. The molecule has 0 aliphatic carbocycles. The van der Waals surface area contributed by atoms with Gasteiger partial charge in [0.15, 0.2) is 0 Å². The Morgan fingerprint density at radius 2 is 2.22 bits per heavy atom. The summed E-state index contributed by atoms with van der Waals surface area (Å²) in [5, 5.41) is 12.2. The molecule has 1 aromatic heterocycles. The number of nitrogens with zero attached hydrogens (tertiary/aromatic N) is 2. The second-order valence-corrected chi connectivity index (χ2v) is 6.99. The predicted octanol–water partition coefficient (Wildman–Crippen LogP) is 3.55. The zero-order valence-electron chi connectivity index (χ0n) is 13.4. The minimum atomic E-state index is -0.435. The summed E-state index contributed by atoms with van der Waals surface area (Å²) < 4.78 is 0. The second-order valence-electron chi connectivity index (χ2n) is 6.99. The first-order valence-corrected chi connectivity index (χ1v) is 8.64. The number of hydrogen-bond donors (Lipinski definition) is 1. The van der Waals surface area contributed by atoms with Gasteiger partial charge in [-0.3, -0.25) is 9.88 Å². The number of hydrogen-bond acceptors (Lipinski definition) is 3. The van der Waals surface area contributed by atoms with Crippen LogP contribution in [0.5, 0.6) is 0 Å². The Bertz CT molecular complexity index is 708. The number of piperidine rings is 3. The fraction of sp³-hybridized carbons (Fsp3) is 0.450. The van der Waals surface area contributed by atoms with E-state index in [1.54, 1.807) is 0 Å². The van der Waals surface area contributed by atoms with E-state index in [4.69, 9.17) is 0 Å². The van der Waals surface area contributed by atoms with E-state index in [0.717, 1.165) is 54.2 Å². The molecule has 3 fully saturated rings. The molecule has 0 radical (unpaired) electrons. The van der Waals surface area contributed by atoms with Crippen LogP contribution in [0.1, 0.15) is 30.9 Å². The first-order chi connectivity index (χ1) is 11.3. The third kappa shape index (κ3) is 2.58. The Balaban J connectivity index is 1.62. The summed E-state index contributed by atoms with van der Waals surface area (Å²) in [7, 11) is 0. The average Bonchev–Trinajstić information content (AvgIpc) is 2.61. The predicted molar refractivity (Wildman–Crippen MR) is 93.1 cm³/mol. The van der Waals surface area contributed by atoms with E-state index in [0.29, 0.717) is 0 Å². The first-order valence-electron chi connectivity index (χ1n) is 8.64. The Hall–Kier alpha value is -1.71. The van der Waals surface area contributed by atoms with Crippen LogP contribution in [0.4, 0.5) is 0 Å². The van der Waals surface area contributed by atoms with E-state index in [2.05, 4.69) is 22.5 Å². The lowest BCUT2D eigenvalue weighted by atomic mass is 9.72. The molecule has 1 aromatic carbocycles. The van der Waals surface area contributed by atoms with Crippen molar-refractivity contribution in [1.29, 1.82) is 0 Å². The molecular formula is C20H24N2O. The van der Waals surface area contributed by atoms with Crippen molar-refractivity contribution >= 4 is 10.9 Å². The number of rotatable bonds is 4. The Labute approximate surface area is 137 Å². The lowest BCUT2D eigenvalue weighted by Crippen LogP contribution is -2.55. The van der Waals surface area contributed by atoms with Crippen LogP contribution >= 0.6 is 0 Å². The summed E-state index contributed by atoms with van der Waals surface area (Å²) in [6.07, 6.45) is 6.89. The monoisotopic (exact) mass is 308 g/mol. The van der Waals surface area contributed by atoms with Crippen molar-refractivity contribution in [2.75, 3.05) is 13.1 Å². The largest absolute Gasteiger partial charge is 0.387 e. The molecule has 23 heavy (non-hydrogen) atoms. The molecule has 2 aromatic rings. The highest BCUT2D eigenvalue weighted by Crippen LogP contribution is 2.42. The van der Waals surface area contributed by atoms with Crippen LogP contribution in [0.3, 0.4) is 0 Å². The van der Waals surface area contributed by atoms with E-state index in [1.165, 1.54) is 6.42 Å². The molecular weight excluding hydrogens is 284 g/mol. The molecule has 1 N–H and O–H groups in total. The van der Waals surface area contributed by atoms with Gasteiger partial charge in [0, 0.05) is 24.2 Å². The van der Waals surface area contributed by atoms with Crippen LogP contribution in [0.25, 0.3) is 10.9 Å². The van der Waals surface area contributed by atoms with E-state index in [-0.39, 0.29) is 6.04 Å². The van der Waals surface area contributed by atoms with Crippen LogP contribution in [0, 0.1) is 11.8 Å². The van der Waals surface area contributed by atoms with E-state index < -0.39 is 6.10 Å². The average molecular weight is 308 g/mol. The van der Waals surface area contributed by atoms with Crippen LogP contribution in [-0.2, 0) is 0 Å². The molecule has 0 amide bonds. The van der Waals surface area contributed by atoms with Gasteiger partial charge in [0.2, 0.25) is 0 Å². The molecule has 3 saturated heterocycles. The fourth-order valence-electron chi connectivity index (χ4n) is 4.57. The van der Waals surface area contributed by atoms with E-state index >= 15 is 0 Å². The van der Waals surface area contributed by atoms with Crippen molar-refractivity contribution in [2.24, 2.45) is 11.8 Å². The van der Waals surface area contributed by atoms with Gasteiger partial charge in [-0.15, -0.1) is 6.58 Å². The SMILES string of the molecule is C=CC[C@@H]1CN2CCC1CC2[C@H](O)c1ccnc2ccccc12. The molecule has 3 nitrogen and oxygen atoms in total. The summed E-state index contributed by atoms with van der Waals surface area (Å²) in [5.41, 5.74) is 1.98. The van der Waals surface area contributed by atoms with Gasteiger partial charge in [-0.2, -0.15) is 0 Å². The van der Waals surface area contributed by atoms with Crippen molar-refractivity contribution < 1.29 is 5.11 Å². The van der Waals surface area contributed by atoms with Crippen LogP contribution in [0.2, 0.25) is 0 Å². The molecule has 5 rings (SSSR count). The van der Waals surface area contributed by atoms with E-state index in [9.17, 15) is 5.11 Å². The molecule has 3 aliphatic rings. The smallest absolute Gasteiger partial charge is 0.0952 e. The van der Waals surface area contributed by atoms with Gasteiger partial charge in [0.05, 0.1) is 11.6 Å². The molecule has 3 aliphatic heterocycles. The van der Waals surface area contributed by atoms with Crippen molar-refractivity contribution in [1.82, 2.24) is 9.88 Å². The summed E-state index contributed by atoms with van der Waals surface area (Å²) in [6, 6.07) is 10.3. The molecule has 0 spiro atoms. The summed E-state index contributed by atoms with van der Waals surface area (Å²) in [4.78, 5) is 6.91. The highest BCUT2D eigenvalue weighted by molar-refractivity contribution is 5.82. The lowest BCUT2D eigenvalue weighted by molar-refractivity contribution is -0.0546. The minimum absolute atomic E-state index is 0.237. The topological polar surface area (TPSA) is 36.4 Å². The van der Waals surface area contributed by atoms with Crippen LogP contribution in [-0.4, -0.2) is 34.1 Å². The number of para-hydroxylation sites is 1. The van der Waals surface area contributed by atoms with Crippen molar-refractivity contribution in [3.8, 4) is 0 Å². The Morgan fingerprint density at radius 1 is 1.35 bits per heavy atom. The van der Waals surface area contributed by atoms with Gasteiger partial charge in [0.25, 0.3) is 0 Å². The molecule has 3 heteroatoms. The van der Waals surface area contributed by atoms with Crippen LogP contribution in [0.15, 0.2) is 49.2 Å². The summed E-state index contributed by atoms with van der Waals surface area (Å²) in [5.74, 6) is 1.45. The number of allylic oxidation sites excluding steroid dienone is 1. The summed E-state index contributed by atoms with van der Waals surface area (Å²) in [6.45, 7) is 6.11. The number of aromatic nitrogens is 1. The molecule has 120 valence electrons. The maximum atomic E-state index is 11.1. The molecule has 0 saturated carbocycles. The normalized spacial score (nSPS) is 31.2. The van der Waals surface area contributed by atoms with Crippen molar-refractivity contribution in [3.63, 3.8) is 0 Å². The zero-order chi connectivity index (χ0) is 15.8. The Morgan fingerprint density at radius 3 is 3.00 bits per heavy atom. The number of pyridine rings is 1. The van der Waals surface area contributed by atoms with Gasteiger partial charge in [-0.05, 0) is 55.3 Å². The second kappa shape index (κ2) is 6.06. The summed E-state index contributed by atoms with van der Waals surface area (Å²) >= 11 is 0. The van der Waals surface area contributed by atoms with Gasteiger partial charge in [0.1, 0.15) is 0 Å². The molecule has 5 atom stereocenters. The standard InChI is InChI=1S/C20H24N2O/c1-2-5-15-13-22-11-9-14(15)12-19(22)20(23)17-8-10-21-18-7-4-3-6-16(17)18/h2-4,6-8,10,14-15,19-20,23H,1,5,9,11-13H2/t14?,15-,19?,20-/m1/s1. The lowest BCUT2D eigenvalue weighted by Gasteiger charge is -2.51. The number of benzene rings is 1. The third-order valence-corrected chi connectivity index (χ3v) is 5.77.